The van der Waals surface area contributed by atoms with E-state index in [0.29, 0.717) is 0 Å². The summed E-state index contributed by atoms with van der Waals surface area (Å²) in [7, 11) is 4.81. The zero-order valence-electron chi connectivity index (χ0n) is 11.4. The van der Waals surface area contributed by atoms with Crippen molar-refractivity contribution in [3.8, 4) is 0 Å². The molecule has 2 aliphatic rings. The Morgan fingerprint density at radius 3 is 1.94 bits per heavy atom. The van der Waals surface area contributed by atoms with Crippen LogP contribution in [0.1, 0.15) is 45.4 Å². The Morgan fingerprint density at radius 1 is 0.875 bits per heavy atom. The molecule has 0 amide bonds. The normalized spacial score (nSPS) is 42.9. The average molecular weight is 226 g/mol. The molecule has 0 aromatic carbocycles. The van der Waals surface area contributed by atoms with Crippen LogP contribution < -0.4 is 9.80 Å². The molecule has 0 radical (unpaired) electrons. The third kappa shape index (κ3) is 2.98. The van der Waals surface area contributed by atoms with Crippen LogP contribution in [0.2, 0.25) is 0 Å². The standard InChI is InChI=1S/C14H28N2/c1-12-4-6-13(7-5-12)16(3)14-8-10-15(2)11-9-14/h12-14H,4-11H2,1-3H3/p+2. The lowest BCUT2D eigenvalue weighted by Crippen LogP contribution is -3.20. The van der Waals surface area contributed by atoms with Crippen LogP contribution in [-0.4, -0.2) is 39.3 Å². The molecule has 1 atom stereocenters. The highest BCUT2D eigenvalue weighted by Crippen LogP contribution is 2.22. The van der Waals surface area contributed by atoms with Gasteiger partial charge in [-0.3, -0.25) is 0 Å². The minimum atomic E-state index is 0.960. The molecule has 1 unspecified atom stereocenters. The third-order valence-corrected chi connectivity index (χ3v) is 5.14. The fourth-order valence-corrected chi connectivity index (χ4v) is 3.61. The van der Waals surface area contributed by atoms with E-state index in [-0.39, 0.29) is 0 Å². The highest BCUT2D eigenvalue weighted by atomic mass is 15.2. The minimum absolute atomic E-state index is 0.960. The molecule has 0 aromatic rings. The predicted octanol–water partition coefficient (Wildman–Crippen LogP) is -0.243. The van der Waals surface area contributed by atoms with Gasteiger partial charge >= 0.3 is 0 Å². The summed E-state index contributed by atoms with van der Waals surface area (Å²) < 4.78 is 0. The Labute approximate surface area is 101 Å². The number of likely N-dealkylation sites (tertiary alicyclic amines) is 1. The molecule has 1 heterocycles. The molecular weight excluding hydrogens is 196 g/mol. The highest BCUT2D eigenvalue weighted by molar-refractivity contribution is 4.70. The van der Waals surface area contributed by atoms with E-state index in [2.05, 4.69) is 21.0 Å². The van der Waals surface area contributed by atoms with Gasteiger partial charge in [0.1, 0.15) is 0 Å². The summed E-state index contributed by atoms with van der Waals surface area (Å²) in [6.45, 7) is 5.21. The predicted molar refractivity (Wildman–Crippen MR) is 67.9 cm³/mol. The molecule has 2 nitrogen and oxygen atoms in total. The Hall–Kier alpha value is -0.0800. The van der Waals surface area contributed by atoms with Gasteiger partial charge in [0.15, 0.2) is 0 Å². The quantitative estimate of drug-likeness (QED) is 0.643. The van der Waals surface area contributed by atoms with Crippen LogP contribution in [0.3, 0.4) is 0 Å². The second-order valence-corrected chi connectivity index (χ2v) is 6.43. The molecule has 1 saturated carbocycles. The second-order valence-electron chi connectivity index (χ2n) is 6.43. The van der Waals surface area contributed by atoms with Gasteiger partial charge < -0.3 is 9.80 Å². The summed E-state index contributed by atoms with van der Waals surface area (Å²) >= 11 is 0. The van der Waals surface area contributed by atoms with Crippen molar-refractivity contribution in [2.75, 3.05) is 27.2 Å². The van der Waals surface area contributed by atoms with Gasteiger partial charge in [-0.15, -0.1) is 0 Å². The molecule has 2 rings (SSSR count). The number of hydrogen-bond donors (Lipinski definition) is 2. The Morgan fingerprint density at radius 2 is 1.38 bits per heavy atom. The molecule has 0 aromatic heterocycles. The van der Waals surface area contributed by atoms with Crippen molar-refractivity contribution in [2.24, 2.45) is 5.92 Å². The first-order chi connectivity index (χ1) is 7.66. The van der Waals surface area contributed by atoms with Crippen LogP contribution >= 0.6 is 0 Å². The lowest BCUT2D eigenvalue weighted by Gasteiger charge is -2.38. The van der Waals surface area contributed by atoms with E-state index in [1.54, 1.807) is 4.90 Å². The van der Waals surface area contributed by atoms with Crippen LogP contribution in [0.5, 0.6) is 0 Å². The second kappa shape index (κ2) is 5.50. The van der Waals surface area contributed by atoms with Gasteiger partial charge in [-0.25, -0.2) is 0 Å². The number of piperidine rings is 1. The third-order valence-electron chi connectivity index (χ3n) is 5.14. The molecule has 2 heteroatoms. The largest absolute Gasteiger partial charge is 0.337 e. The number of nitrogens with one attached hydrogen (secondary N) is 2. The van der Waals surface area contributed by atoms with Crippen molar-refractivity contribution < 1.29 is 9.80 Å². The molecule has 1 saturated heterocycles. The van der Waals surface area contributed by atoms with Crippen molar-refractivity contribution in [3.63, 3.8) is 0 Å². The van der Waals surface area contributed by atoms with Crippen LogP contribution in [0.15, 0.2) is 0 Å². The van der Waals surface area contributed by atoms with Gasteiger partial charge in [-0.2, -0.15) is 0 Å². The van der Waals surface area contributed by atoms with Crippen LogP contribution in [0.4, 0.5) is 0 Å². The number of hydrogen-bond acceptors (Lipinski definition) is 0. The van der Waals surface area contributed by atoms with E-state index in [1.165, 1.54) is 51.6 Å². The lowest BCUT2D eigenvalue weighted by molar-refractivity contribution is -0.956. The fraction of sp³-hybridized carbons (Fsp3) is 1.00. The van der Waals surface area contributed by atoms with Gasteiger partial charge in [0, 0.05) is 12.8 Å². The minimum Gasteiger partial charge on any atom is -0.337 e. The first kappa shape index (κ1) is 12.4. The highest BCUT2D eigenvalue weighted by Gasteiger charge is 2.32. The molecule has 2 N–H and O–H groups in total. The van der Waals surface area contributed by atoms with E-state index < -0.39 is 0 Å². The number of quaternary nitrogens is 2. The summed E-state index contributed by atoms with van der Waals surface area (Å²) in [5, 5.41) is 0. The molecule has 16 heavy (non-hydrogen) atoms. The van der Waals surface area contributed by atoms with Gasteiger partial charge in [0.2, 0.25) is 0 Å². The topological polar surface area (TPSA) is 8.88 Å². The average Bonchev–Trinajstić information content (AvgIpc) is 2.30. The maximum absolute atomic E-state index is 2.46. The summed E-state index contributed by atoms with van der Waals surface area (Å²) in [5.41, 5.74) is 0. The first-order valence-corrected chi connectivity index (χ1v) is 7.31. The Bertz CT molecular complexity index is 179. The van der Waals surface area contributed by atoms with Crippen molar-refractivity contribution in [2.45, 2.75) is 57.5 Å². The fourth-order valence-electron chi connectivity index (χ4n) is 3.61. The summed E-state index contributed by atoms with van der Waals surface area (Å²) in [6.07, 6.45) is 8.80. The molecule has 0 spiro atoms. The summed E-state index contributed by atoms with van der Waals surface area (Å²) in [6, 6.07) is 1.93. The van der Waals surface area contributed by atoms with Gasteiger partial charge in [-0.1, -0.05) is 6.92 Å². The Kier molecular flexibility index (Phi) is 4.26. The monoisotopic (exact) mass is 226 g/mol. The summed E-state index contributed by atoms with van der Waals surface area (Å²) in [4.78, 5) is 3.60. The van der Waals surface area contributed by atoms with Crippen molar-refractivity contribution in [3.05, 3.63) is 0 Å². The van der Waals surface area contributed by atoms with E-state index in [9.17, 15) is 0 Å². The van der Waals surface area contributed by atoms with Gasteiger partial charge in [0.25, 0.3) is 0 Å². The van der Waals surface area contributed by atoms with Crippen LogP contribution in [0, 0.1) is 5.92 Å². The van der Waals surface area contributed by atoms with E-state index in [0.717, 1.165) is 18.0 Å². The van der Waals surface area contributed by atoms with Crippen molar-refractivity contribution in [1.82, 2.24) is 0 Å². The first-order valence-electron chi connectivity index (χ1n) is 7.31. The SMILES string of the molecule is CC1CCC([NH+](C)C2CC[NH+](C)CC2)CC1. The Balaban J connectivity index is 1.80. The van der Waals surface area contributed by atoms with Crippen LogP contribution in [0.25, 0.3) is 0 Å². The maximum Gasteiger partial charge on any atom is 0.0983 e. The molecule has 1 aliphatic carbocycles. The van der Waals surface area contributed by atoms with E-state index >= 15 is 0 Å². The lowest BCUT2D eigenvalue weighted by atomic mass is 9.85. The molecule has 94 valence electrons. The molecule has 0 bridgehead atoms. The number of rotatable bonds is 2. The zero-order valence-corrected chi connectivity index (χ0v) is 11.4. The molecule has 1 aliphatic heterocycles. The van der Waals surface area contributed by atoms with Crippen molar-refractivity contribution >= 4 is 0 Å². The summed E-state index contributed by atoms with van der Waals surface area (Å²) in [5.74, 6) is 0.992. The molecule has 2 fully saturated rings. The van der Waals surface area contributed by atoms with Gasteiger partial charge in [0.05, 0.1) is 39.3 Å². The van der Waals surface area contributed by atoms with E-state index in [1.807, 2.05) is 4.90 Å². The van der Waals surface area contributed by atoms with E-state index in [4.69, 9.17) is 0 Å². The smallest absolute Gasteiger partial charge is 0.0983 e. The van der Waals surface area contributed by atoms with Gasteiger partial charge in [-0.05, 0) is 31.6 Å². The van der Waals surface area contributed by atoms with Crippen LogP contribution in [-0.2, 0) is 0 Å². The molecular formula is C14H30N2+2. The van der Waals surface area contributed by atoms with Crippen molar-refractivity contribution in [1.29, 1.82) is 0 Å². The zero-order chi connectivity index (χ0) is 11.5. The maximum atomic E-state index is 2.46.